The number of carbonyl (C=O) groups is 1. The van der Waals surface area contributed by atoms with Crippen molar-refractivity contribution in [1.82, 2.24) is 10.2 Å². The number of rotatable bonds is 6. The standard InChI is InChI=1S/C14H21N3O2S/c15-12-1-3-13(4-2-12)19-11-14(18)16-5-6-17-7-9-20-10-8-17/h1-4H,5-11,15H2,(H,16,18). The van der Waals surface area contributed by atoms with Gasteiger partial charge in [-0.15, -0.1) is 0 Å². The number of nitrogens with zero attached hydrogens (tertiary/aromatic N) is 1. The molecule has 1 fully saturated rings. The number of nitrogens with two attached hydrogens (primary N) is 1. The number of nitrogens with one attached hydrogen (secondary N) is 1. The molecule has 0 saturated carbocycles. The van der Waals surface area contributed by atoms with Crippen molar-refractivity contribution in [2.75, 3.05) is 50.0 Å². The predicted octanol–water partition coefficient (Wildman–Crippen LogP) is 0.813. The summed E-state index contributed by atoms with van der Waals surface area (Å²) in [6, 6.07) is 7.02. The van der Waals surface area contributed by atoms with Gasteiger partial charge in [-0.05, 0) is 24.3 Å². The maximum Gasteiger partial charge on any atom is 0.257 e. The summed E-state index contributed by atoms with van der Waals surface area (Å²) in [6.07, 6.45) is 0. The molecule has 6 heteroatoms. The van der Waals surface area contributed by atoms with Gasteiger partial charge in [0.2, 0.25) is 0 Å². The smallest absolute Gasteiger partial charge is 0.257 e. The van der Waals surface area contributed by atoms with Crippen LogP contribution in [-0.4, -0.2) is 55.1 Å². The van der Waals surface area contributed by atoms with Gasteiger partial charge in [-0.2, -0.15) is 11.8 Å². The lowest BCUT2D eigenvalue weighted by molar-refractivity contribution is -0.123. The summed E-state index contributed by atoms with van der Waals surface area (Å²) in [4.78, 5) is 14.0. The Balaban J connectivity index is 1.59. The van der Waals surface area contributed by atoms with Crippen molar-refractivity contribution in [3.8, 4) is 5.75 Å². The van der Waals surface area contributed by atoms with Gasteiger partial charge >= 0.3 is 0 Å². The number of thioether (sulfide) groups is 1. The van der Waals surface area contributed by atoms with E-state index in [1.54, 1.807) is 24.3 Å². The van der Waals surface area contributed by atoms with E-state index in [0.717, 1.165) is 19.6 Å². The lowest BCUT2D eigenvalue weighted by Gasteiger charge is -2.25. The van der Waals surface area contributed by atoms with E-state index in [2.05, 4.69) is 10.2 Å². The zero-order valence-electron chi connectivity index (χ0n) is 11.5. The second-order valence-electron chi connectivity index (χ2n) is 4.66. The third kappa shape index (κ3) is 5.30. The van der Waals surface area contributed by atoms with E-state index in [0.29, 0.717) is 18.0 Å². The molecular weight excluding hydrogens is 274 g/mol. The Hall–Kier alpha value is -1.40. The molecule has 0 bridgehead atoms. The molecule has 0 atom stereocenters. The molecule has 0 aromatic heterocycles. The zero-order chi connectivity index (χ0) is 14.2. The normalized spacial score (nSPS) is 15.8. The van der Waals surface area contributed by atoms with Gasteiger partial charge in [0.15, 0.2) is 6.61 Å². The van der Waals surface area contributed by atoms with Crippen LogP contribution >= 0.6 is 11.8 Å². The van der Waals surface area contributed by atoms with Gasteiger partial charge < -0.3 is 15.8 Å². The number of carbonyl (C=O) groups excluding carboxylic acids is 1. The highest BCUT2D eigenvalue weighted by Crippen LogP contribution is 2.12. The van der Waals surface area contributed by atoms with E-state index in [1.807, 2.05) is 11.8 Å². The molecule has 1 heterocycles. The maximum atomic E-state index is 11.6. The summed E-state index contributed by atoms with van der Waals surface area (Å²) >= 11 is 1.99. The van der Waals surface area contributed by atoms with Gasteiger partial charge in [0.05, 0.1) is 0 Å². The zero-order valence-corrected chi connectivity index (χ0v) is 12.3. The van der Waals surface area contributed by atoms with Crippen molar-refractivity contribution < 1.29 is 9.53 Å². The van der Waals surface area contributed by atoms with E-state index in [9.17, 15) is 4.79 Å². The molecule has 1 aliphatic heterocycles. The fourth-order valence-electron chi connectivity index (χ4n) is 1.94. The highest BCUT2D eigenvalue weighted by Gasteiger charge is 2.10. The van der Waals surface area contributed by atoms with E-state index in [4.69, 9.17) is 10.5 Å². The van der Waals surface area contributed by atoms with Crippen LogP contribution in [0.2, 0.25) is 0 Å². The molecule has 1 aliphatic rings. The Kier molecular flexibility index (Phi) is 6.01. The average molecular weight is 295 g/mol. The van der Waals surface area contributed by atoms with Crippen molar-refractivity contribution in [3.05, 3.63) is 24.3 Å². The van der Waals surface area contributed by atoms with Crippen LogP contribution in [0.15, 0.2) is 24.3 Å². The Morgan fingerprint density at radius 2 is 2.00 bits per heavy atom. The second kappa shape index (κ2) is 8.01. The second-order valence-corrected chi connectivity index (χ2v) is 5.89. The van der Waals surface area contributed by atoms with Crippen molar-refractivity contribution in [2.24, 2.45) is 0 Å². The van der Waals surface area contributed by atoms with Crippen LogP contribution in [0.1, 0.15) is 0 Å². The summed E-state index contributed by atoms with van der Waals surface area (Å²) < 4.78 is 5.38. The SMILES string of the molecule is Nc1ccc(OCC(=O)NCCN2CCSCC2)cc1. The van der Waals surface area contributed by atoms with E-state index in [1.165, 1.54) is 11.5 Å². The molecule has 0 aliphatic carbocycles. The molecule has 1 amide bonds. The first-order valence-electron chi connectivity index (χ1n) is 6.79. The first-order valence-corrected chi connectivity index (χ1v) is 7.94. The summed E-state index contributed by atoms with van der Waals surface area (Å²) in [5.41, 5.74) is 6.26. The summed E-state index contributed by atoms with van der Waals surface area (Å²) in [7, 11) is 0. The molecular formula is C14H21N3O2S. The maximum absolute atomic E-state index is 11.6. The number of benzene rings is 1. The summed E-state index contributed by atoms with van der Waals surface area (Å²) in [6.45, 7) is 3.85. The molecule has 1 aromatic carbocycles. The van der Waals surface area contributed by atoms with Gasteiger partial charge in [-0.3, -0.25) is 9.69 Å². The fourth-order valence-corrected chi connectivity index (χ4v) is 2.92. The summed E-state index contributed by atoms with van der Waals surface area (Å²) in [5, 5.41) is 2.87. The van der Waals surface area contributed by atoms with E-state index in [-0.39, 0.29) is 12.5 Å². The van der Waals surface area contributed by atoms with Crippen LogP contribution in [0.5, 0.6) is 5.75 Å². The van der Waals surface area contributed by atoms with Crippen LogP contribution in [0.25, 0.3) is 0 Å². The van der Waals surface area contributed by atoms with Crippen LogP contribution in [0.4, 0.5) is 5.69 Å². The van der Waals surface area contributed by atoms with Gasteiger partial charge in [-0.25, -0.2) is 0 Å². The van der Waals surface area contributed by atoms with Crippen LogP contribution in [0.3, 0.4) is 0 Å². The molecule has 0 spiro atoms. The van der Waals surface area contributed by atoms with Crippen molar-refractivity contribution in [3.63, 3.8) is 0 Å². The van der Waals surface area contributed by atoms with Gasteiger partial charge in [0.1, 0.15) is 5.75 Å². The van der Waals surface area contributed by atoms with Crippen molar-refractivity contribution >= 4 is 23.4 Å². The van der Waals surface area contributed by atoms with Crippen LogP contribution in [-0.2, 0) is 4.79 Å². The number of hydrogen-bond donors (Lipinski definition) is 2. The molecule has 1 saturated heterocycles. The van der Waals surface area contributed by atoms with Crippen LogP contribution in [0, 0.1) is 0 Å². The van der Waals surface area contributed by atoms with Gasteiger partial charge in [-0.1, -0.05) is 0 Å². The highest BCUT2D eigenvalue weighted by molar-refractivity contribution is 7.99. The molecule has 20 heavy (non-hydrogen) atoms. The quantitative estimate of drug-likeness (QED) is 0.760. The first-order chi connectivity index (χ1) is 9.74. The number of hydrogen-bond acceptors (Lipinski definition) is 5. The Morgan fingerprint density at radius 3 is 2.70 bits per heavy atom. The molecule has 0 radical (unpaired) electrons. The Bertz CT molecular complexity index is 419. The average Bonchev–Trinajstić information content (AvgIpc) is 2.48. The highest BCUT2D eigenvalue weighted by atomic mass is 32.2. The lowest BCUT2D eigenvalue weighted by Crippen LogP contribution is -2.40. The third-order valence-corrected chi connectivity index (χ3v) is 4.05. The minimum atomic E-state index is -0.0896. The van der Waals surface area contributed by atoms with Crippen molar-refractivity contribution in [1.29, 1.82) is 0 Å². The number of anilines is 1. The molecule has 110 valence electrons. The number of amides is 1. The van der Waals surface area contributed by atoms with Crippen LogP contribution < -0.4 is 15.8 Å². The molecule has 0 unspecified atom stereocenters. The number of nitrogen functional groups attached to an aromatic ring is 1. The van der Waals surface area contributed by atoms with Gasteiger partial charge in [0, 0.05) is 43.4 Å². The predicted molar refractivity (Wildman–Crippen MR) is 83.1 cm³/mol. The molecule has 3 N–H and O–H groups in total. The van der Waals surface area contributed by atoms with E-state index >= 15 is 0 Å². The summed E-state index contributed by atoms with van der Waals surface area (Å²) in [5.74, 6) is 2.94. The fraction of sp³-hybridized carbons (Fsp3) is 0.500. The van der Waals surface area contributed by atoms with Gasteiger partial charge in [0.25, 0.3) is 5.91 Å². The largest absolute Gasteiger partial charge is 0.484 e. The third-order valence-electron chi connectivity index (χ3n) is 3.10. The molecule has 1 aromatic rings. The first kappa shape index (κ1) is 15.0. The molecule has 2 rings (SSSR count). The topological polar surface area (TPSA) is 67.6 Å². The number of ether oxygens (including phenoxy) is 1. The monoisotopic (exact) mass is 295 g/mol. The Labute approximate surface area is 123 Å². The minimum absolute atomic E-state index is 0.0414. The lowest BCUT2D eigenvalue weighted by atomic mass is 10.3. The van der Waals surface area contributed by atoms with Crippen molar-refractivity contribution in [2.45, 2.75) is 0 Å². The molecule has 5 nitrogen and oxygen atoms in total. The minimum Gasteiger partial charge on any atom is -0.484 e. The Morgan fingerprint density at radius 1 is 1.30 bits per heavy atom. The van der Waals surface area contributed by atoms with E-state index < -0.39 is 0 Å².